The molecule has 0 aromatic heterocycles. The number of anilines is 2. The maximum Gasteiger partial charge on any atom is 0.265 e. The van der Waals surface area contributed by atoms with Crippen molar-refractivity contribution in [2.75, 3.05) is 44.4 Å². The summed E-state index contributed by atoms with van der Waals surface area (Å²) in [6.07, 6.45) is 3.40. The molecule has 9 heteroatoms. The quantitative estimate of drug-likeness (QED) is 0.629. The summed E-state index contributed by atoms with van der Waals surface area (Å²) in [5.74, 6) is 0.694. The van der Waals surface area contributed by atoms with Gasteiger partial charge in [0.1, 0.15) is 23.0 Å². The molecule has 0 radical (unpaired) electrons. The van der Waals surface area contributed by atoms with E-state index in [0.29, 0.717) is 30.3 Å². The van der Waals surface area contributed by atoms with Gasteiger partial charge in [0.05, 0.1) is 23.9 Å². The number of fused-ring (bicyclic) bond motifs is 2. The van der Waals surface area contributed by atoms with Gasteiger partial charge < -0.3 is 19.7 Å². The van der Waals surface area contributed by atoms with Crippen molar-refractivity contribution >= 4 is 27.3 Å². The lowest BCUT2D eigenvalue weighted by molar-refractivity contribution is -0.120. The first-order valence-electron chi connectivity index (χ1n) is 10.7. The third-order valence-electron chi connectivity index (χ3n) is 6.15. The number of rotatable bonds is 8. The third-order valence-corrected chi connectivity index (χ3v) is 7.58. The van der Waals surface area contributed by atoms with E-state index in [-0.39, 0.29) is 16.6 Å². The average molecular weight is 460 g/mol. The van der Waals surface area contributed by atoms with Crippen molar-refractivity contribution in [3.05, 3.63) is 42.0 Å². The summed E-state index contributed by atoms with van der Waals surface area (Å²) in [6.45, 7) is 1.09. The van der Waals surface area contributed by atoms with Gasteiger partial charge in [0.25, 0.3) is 10.0 Å². The SMILES string of the molecule is COc1ccccc1S(=O)(=O)Nc1cc(OCCN(C)C)c2c(c1)C1(CCCC1)C(=O)N2. The van der Waals surface area contributed by atoms with Crippen LogP contribution in [-0.4, -0.2) is 53.6 Å². The summed E-state index contributed by atoms with van der Waals surface area (Å²) in [5.41, 5.74) is 1.19. The second-order valence-corrected chi connectivity index (χ2v) is 10.2. The Morgan fingerprint density at radius 1 is 1.12 bits per heavy atom. The van der Waals surface area contributed by atoms with E-state index in [1.165, 1.54) is 13.2 Å². The fourth-order valence-electron chi connectivity index (χ4n) is 4.51. The number of hydrogen-bond acceptors (Lipinski definition) is 6. The topological polar surface area (TPSA) is 97.0 Å². The molecule has 4 rings (SSSR count). The standard InChI is InChI=1S/C23H29N3O5S/c1-26(2)12-13-31-19-15-16(25-32(28,29)20-9-5-4-8-18(20)30-3)14-17-21(19)24-22(27)23(17)10-6-7-11-23/h4-5,8-9,14-15,25H,6-7,10-13H2,1-3H3,(H,24,27). The average Bonchev–Trinajstić information content (AvgIpc) is 3.35. The van der Waals surface area contributed by atoms with E-state index in [1.807, 2.05) is 19.0 Å². The predicted molar refractivity (Wildman–Crippen MR) is 123 cm³/mol. The van der Waals surface area contributed by atoms with Crippen molar-refractivity contribution in [3.63, 3.8) is 0 Å². The second-order valence-electron chi connectivity index (χ2n) is 8.55. The van der Waals surface area contributed by atoms with Gasteiger partial charge in [-0.25, -0.2) is 8.42 Å². The number of hydrogen-bond donors (Lipinski definition) is 2. The van der Waals surface area contributed by atoms with Crippen LogP contribution in [0.3, 0.4) is 0 Å². The van der Waals surface area contributed by atoms with E-state index in [0.717, 1.165) is 31.2 Å². The zero-order valence-electron chi connectivity index (χ0n) is 18.6. The number of ether oxygens (including phenoxy) is 2. The summed E-state index contributed by atoms with van der Waals surface area (Å²) < 4.78 is 40.2. The molecule has 2 N–H and O–H groups in total. The van der Waals surface area contributed by atoms with Crippen LogP contribution < -0.4 is 19.5 Å². The largest absolute Gasteiger partial charge is 0.495 e. The molecular weight excluding hydrogens is 430 g/mol. The highest BCUT2D eigenvalue weighted by molar-refractivity contribution is 7.92. The highest BCUT2D eigenvalue weighted by atomic mass is 32.2. The molecule has 1 spiro atoms. The van der Waals surface area contributed by atoms with Crippen molar-refractivity contribution in [1.82, 2.24) is 4.90 Å². The maximum absolute atomic E-state index is 13.2. The molecule has 1 saturated carbocycles. The Hall–Kier alpha value is -2.78. The highest BCUT2D eigenvalue weighted by Crippen LogP contribution is 2.52. The Balaban J connectivity index is 1.74. The number of nitrogens with one attached hydrogen (secondary N) is 2. The summed E-state index contributed by atoms with van der Waals surface area (Å²) in [5, 5.41) is 3.00. The lowest BCUT2D eigenvalue weighted by Gasteiger charge is -2.22. The first-order valence-corrected chi connectivity index (χ1v) is 12.2. The molecule has 0 atom stereocenters. The number of likely N-dealkylation sites (N-methyl/N-ethyl adjacent to an activating group) is 1. The lowest BCUT2D eigenvalue weighted by Crippen LogP contribution is -2.31. The van der Waals surface area contributed by atoms with E-state index >= 15 is 0 Å². The van der Waals surface area contributed by atoms with E-state index in [9.17, 15) is 13.2 Å². The number of methoxy groups -OCH3 is 1. The molecule has 0 bridgehead atoms. The van der Waals surface area contributed by atoms with Gasteiger partial charge in [-0.15, -0.1) is 0 Å². The first kappa shape index (κ1) is 22.4. The monoisotopic (exact) mass is 459 g/mol. The minimum absolute atomic E-state index is 0.0350. The smallest absolute Gasteiger partial charge is 0.265 e. The van der Waals surface area contributed by atoms with Crippen molar-refractivity contribution in [2.45, 2.75) is 36.0 Å². The number of nitrogens with zero attached hydrogens (tertiary/aromatic N) is 1. The Bertz CT molecular complexity index is 1120. The lowest BCUT2D eigenvalue weighted by atomic mass is 9.80. The molecule has 2 aromatic rings. The van der Waals surface area contributed by atoms with Crippen molar-refractivity contribution in [1.29, 1.82) is 0 Å². The molecule has 32 heavy (non-hydrogen) atoms. The van der Waals surface area contributed by atoms with Crippen LogP contribution in [0.4, 0.5) is 11.4 Å². The van der Waals surface area contributed by atoms with Gasteiger partial charge in [-0.1, -0.05) is 25.0 Å². The maximum atomic E-state index is 13.2. The zero-order chi connectivity index (χ0) is 22.9. The molecule has 2 aliphatic rings. The van der Waals surface area contributed by atoms with E-state index < -0.39 is 15.4 Å². The van der Waals surface area contributed by atoms with Gasteiger partial charge in [0.2, 0.25) is 5.91 Å². The first-order chi connectivity index (χ1) is 15.3. The number of carbonyl (C=O) groups excluding carboxylic acids is 1. The molecule has 2 aromatic carbocycles. The van der Waals surface area contributed by atoms with Gasteiger partial charge >= 0.3 is 0 Å². The minimum Gasteiger partial charge on any atom is -0.495 e. The molecule has 0 unspecified atom stereocenters. The van der Waals surface area contributed by atoms with Crippen LogP contribution in [0.25, 0.3) is 0 Å². The van der Waals surface area contributed by atoms with Crippen molar-refractivity contribution < 1.29 is 22.7 Å². The van der Waals surface area contributed by atoms with Gasteiger partial charge in [-0.2, -0.15) is 0 Å². The molecule has 1 aliphatic heterocycles. The fourth-order valence-corrected chi connectivity index (χ4v) is 5.73. The third kappa shape index (κ3) is 4.02. The van der Waals surface area contributed by atoms with Gasteiger partial charge in [-0.05, 0) is 50.7 Å². The van der Waals surface area contributed by atoms with Crippen LogP contribution in [0.2, 0.25) is 0 Å². The molecular formula is C23H29N3O5S. The molecule has 1 aliphatic carbocycles. The fraction of sp³-hybridized carbons (Fsp3) is 0.435. The van der Waals surface area contributed by atoms with Gasteiger partial charge in [0, 0.05) is 12.6 Å². The van der Waals surface area contributed by atoms with Gasteiger partial charge in [-0.3, -0.25) is 9.52 Å². The summed E-state index contributed by atoms with van der Waals surface area (Å²) in [4.78, 5) is 15.0. The van der Waals surface area contributed by atoms with Crippen LogP contribution >= 0.6 is 0 Å². The molecule has 1 heterocycles. The Morgan fingerprint density at radius 3 is 2.53 bits per heavy atom. The highest BCUT2D eigenvalue weighted by Gasteiger charge is 2.49. The molecule has 1 fully saturated rings. The van der Waals surface area contributed by atoms with Crippen molar-refractivity contribution in [2.24, 2.45) is 0 Å². The van der Waals surface area contributed by atoms with E-state index in [4.69, 9.17) is 9.47 Å². The summed E-state index contributed by atoms with van der Waals surface area (Å²) >= 11 is 0. The van der Waals surface area contributed by atoms with Crippen LogP contribution in [0, 0.1) is 0 Å². The number of sulfonamides is 1. The Kier molecular flexibility index (Phi) is 6.05. The van der Waals surface area contributed by atoms with Crippen LogP contribution in [0.15, 0.2) is 41.3 Å². The molecule has 0 saturated heterocycles. The summed E-state index contributed by atoms with van der Waals surface area (Å²) in [6, 6.07) is 9.85. The summed E-state index contributed by atoms with van der Waals surface area (Å²) in [7, 11) is 1.41. The molecule has 172 valence electrons. The zero-order valence-corrected chi connectivity index (χ0v) is 19.4. The predicted octanol–water partition coefficient (Wildman–Crippen LogP) is 3.20. The number of benzene rings is 2. The van der Waals surface area contributed by atoms with E-state index in [2.05, 4.69) is 10.0 Å². The van der Waals surface area contributed by atoms with Crippen LogP contribution in [0.1, 0.15) is 31.2 Å². The number of carbonyl (C=O) groups is 1. The van der Waals surface area contributed by atoms with E-state index in [1.54, 1.807) is 30.3 Å². The van der Waals surface area contributed by atoms with Gasteiger partial charge in [0.15, 0.2) is 0 Å². The molecule has 8 nitrogen and oxygen atoms in total. The Labute approximate surface area is 189 Å². The Morgan fingerprint density at radius 2 is 1.84 bits per heavy atom. The number of amides is 1. The van der Waals surface area contributed by atoms with Crippen LogP contribution in [-0.2, 0) is 20.2 Å². The van der Waals surface area contributed by atoms with Crippen molar-refractivity contribution in [3.8, 4) is 11.5 Å². The molecule has 1 amide bonds. The second kappa shape index (κ2) is 8.63. The van der Waals surface area contributed by atoms with Crippen LogP contribution in [0.5, 0.6) is 11.5 Å². The number of para-hydroxylation sites is 1. The minimum atomic E-state index is -3.92. The normalized spacial score (nSPS) is 16.8.